The van der Waals surface area contributed by atoms with Crippen LogP contribution in [0.4, 0.5) is 5.69 Å². The van der Waals surface area contributed by atoms with Gasteiger partial charge >= 0.3 is 0 Å². The molecule has 4 rings (SSSR count). The molecule has 0 spiro atoms. The molecule has 0 atom stereocenters. The lowest BCUT2D eigenvalue weighted by atomic mass is 9.98. The molecule has 0 bridgehead atoms. The van der Waals surface area contributed by atoms with Crippen LogP contribution in [0.15, 0.2) is 42.5 Å². The van der Waals surface area contributed by atoms with Crippen LogP contribution in [0.2, 0.25) is 0 Å². The number of amides is 1. The fourth-order valence-electron chi connectivity index (χ4n) is 3.52. The molecule has 0 saturated carbocycles. The van der Waals surface area contributed by atoms with Crippen LogP contribution in [0.5, 0.6) is 0 Å². The van der Waals surface area contributed by atoms with Crippen molar-refractivity contribution < 1.29 is 9.53 Å². The molecule has 4 nitrogen and oxygen atoms in total. The fraction of sp³-hybridized carbons (Fsp3) is 0.286. The minimum Gasteiger partial charge on any atom is -0.487 e. The Hall–Kier alpha value is -2.59. The topological polar surface area (TPSA) is 41.6 Å². The molecule has 0 aromatic heterocycles. The van der Waals surface area contributed by atoms with E-state index in [-0.39, 0.29) is 5.91 Å². The number of carbonyl (C=O) groups is 1. The van der Waals surface area contributed by atoms with Gasteiger partial charge in [-0.1, -0.05) is 36.4 Å². The Bertz CT molecular complexity index is 868. The second-order valence-electron chi connectivity index (χ2n) is 6.89. The van der Waals surface area contributed by atoms with E-state index in [1.807, 2.05) is 24.3 Å². The molecule has 0 saturated heterocycles. The summed E-state index contributed by atoms with van der Waals surface area (Å²) in [5.41, 5.74) is 5.96. The molecule has 4 heteroatoms. The van der Waals surface area contributed by atoms with Crippen LogP contribution in [0.25, 0.3) is 11.3 Å². The zero-order chi connectivity index (χ0) is 17.4. The van der Waals surface area contributed by atoms with Crippen molar-refractivity contribution >= 4 is 22.9 Å². The van der Waals surface area contributed by atoms with Gasteiger partial charge in [-0.15, -0.1) is 0 Å². The molecule has 0 fully saturated rings. The lowest BCUT2D eigenvalue weighted by molar-refractivity contribution is -0.110. The van der Waals surface area contributed by atoms with Gasteiger partial charge in [0.15, 0.2) is 0 Å². The molecule has 25 heavy (non-hydrogen) atoms. The van der Waals surface area contributed by atoms with Crippen molar-refractivity contribution in [2.24, 2.45) is 0 Å². The van der Waals surface area contributed by atoms with Gasteiger partial charge in [0.1, 0.15) is 12.4 Å². The highest BCUT2D eigenvalue weighted by Gasteiger charge is 2.32. The number of carbonyl (C=O) groups excluding carboxylic acids is 1. The Kier molecular flexibility index (Phi) is 4.06. The van der Waals surface area contributed by atoms with E-state index in [1.54, 1.807) is 0 Å². The lowest BCUT2D eigenvalue weighted by Crippen LogP contribution is -2.13. The third-order valence-corrected chi connectivity index (χ3v) is 4.76. The number of hydrogen-bond donors (Lipinski definition) is 1. The second kappa shape index (κ2) is 6.37. The Labute approximate surface area is 148 Å². The Balaban J connectivity index is 1.66. The van der Waals surface area contributed by atoms with Crippen molar-refractivity contribution in [3.8, 4) is 0 Å². The number of nitrogens with one attached hydrogen (secondary N) is 1. The van der Waals surface area contributed by atoms with Crippen LogP contribution in [0.3, 0.4) is 0 Å². The zero-order valence-corrected chi connectivity index (χ0v) is 14.6. The van der Waals surface area contributed by atoms with Gasteiger partial charge in [-0.05, 0) is 45.1 Å². The summed E-state index contributed by atoms with van der Waals surface area (Å²) in [5.74, 6) is 0.622. The van der Waals surface area contributed by atoms with E-state index in [2.05, 4.69) is 42.5 Å². The van der Waals surface area contributed by atoms with Crippen molar-refractivity contribution in [3.05, 3.63) is 64.7 Å². The van der Waals surface area contributed by atoms with Crippen molar-refractivity contribution in [2.45, 2.75) is 19.4 Å². The molecule has 1 N–H and O–H groups in total. The van der Waals surface area contributed by atoms with Crippen LogP contribution in [-0.2, 0) is 22.6 Å². The third-order valence-electron chi connectivity index (χ3n) is 4.76. The summed E-state index contributed by atoms with van der Waals surface area (Å²) < 4.78 is 5.94. The average molecular weight is 334 g/mol. The first kappa shape index (κ1) is 15.9. The van der Waals surface area contributed by atoms with Crippen LogP contribution in [0.1, 0.15) is 28.7 Å². The first-order valence-electron chi connectivity index (χ1n) is 8.68. The van der Waals surface area contributed by atoms with Crippen LogP contribution >= 0.6 is 0 Å². The predicted octanol–water partition coefficient (Wildman–Crippen LogP) is 3.53. The van der Waals surface area contributed by atoms with Gasteiger partial charge in [0.05, 0.1) is 5.57 Å². The van der Waals surface area contributed by atoms with Gasteiger partial charge < -0.3 is 15.0 Å². The molecule has 2 heterocycles. The van der Waals surface area contributed by atoms with E-state index in [1.165, 1.54) is 11.1 Å². The smallest absolute Gasteiger partial charge is 0.260 e. The van der Waals surface area contributed by atoms with Crippen molar-refractivity contribution in [1.82, 2.24) is 4.90 Å². The molecule has 2 aromatic carbocycles. The Morgan fingerprint density at radius 3 is 2.80 bits per heavy atom. The zero-order valence-electron chi connectivity index (χ0n) is 14.6. The largest absolute Gasteiger partial charge is 0.487 e. The molecule has 2 aromatic rings. The summed E-state index contributed by atoms with van der Waals surface area (Å²) in [6, 6.07) is 14.2. The summed E-state index contributed by atoms with van der Waals surface area (Å²) in [6.07, 6.45) is 2.19. The molecular weight excluding hydrogens is 312 g/mol. The van der Waals surface area contributed by atoms with Gasteiger partial charge in [-0.25, -0.2) is 0 Å². The summed E-state index contributed by atoms with van der Waals surface area (Å²) in [5, 5.41) is 2.92. The van der Waals surface area contributed by atoms with Crippen molar-refractivity contribution in [1.29, 1.82) is 0 Å². The number of aryl methyl sites for hydroxylation is 1. The Morgan fingerprint density at radius 2 is 1.96 bits per heavy atom. The minimum absolute atomic E-state index is 0.0842. The number of ether oxygens (including phenoxy) is 1. The SMILES string of the molecule is CN(C)CCCc1ccc2c(c1)COC2=C1C(=O)Nc2ccccc21. The number of fused-ring (bicyclic) bond motifs is 2. The van der Waals surface area contributed by atoms with Gasteiger partial charge in [0, 0.05) is 22.4 Å². The number of rotatable bonds is 4. The molecule has 0 unspecified atom stereocenters. The maximum atomic E-state index is 12.4. The van der Waals surface area contributed by atoms with E-state index in [9.17, 15) is 4.79 Å². The first-order chi connectivity index (χ1) is 12.1. The quantitative estimate of drug-likeness (QED) is 0.870. The van der Waals surface area contributed by atoms with Gasteiger partial charge in [-0.2, -0.15) is 0 Å². The summed E-state index contributed by atoms with van der Waals surface area (Å²) in [6.45, 7) is 1.62. The van der Waals surface area contributed by atoms with Gasteiger partial charge in [0.25, 0.3) is 5.91 Å². The second-order valence-corrected chi connectivity index (χ2v) is 6.89. The highest BCUT2D eigenvalue weighted by Crippen LogP contribution is 2.41. The fourth-order valence-corrected chi connectivity index (χ4v) is 3.52. The van der Waals surface area contributed by atoms with Gasteiger partial charge in [0.2, 0.25) is 0 Å². The van der Waals surface area contributed by atoms with E-state index >= 15 is 0 Å². The maximum absolute atomic E-state index is 12.4. The summed E-state index contributed by atoms with van der Waals surface area (Å²) in [7, 11) is 4.19. The monoisotopic (exact) mass is 334 g/mol. The van der Waals surface area contributed by atoms with Crippen LogP contribution in [0, 0.1) is 0 Å². The molecule has 0 radical (unpaired) electrons. The van der Waals surface area contributed by atoms with E-state index in [0.717, 1.165) is 36.2 Å². The third kappa shape index (κ3) is 2.94. The van der Waals surface area contributed by atoms with Crippen molar-refractivity contribution in [3.63, 3.8) is 0 Å². The normalized spacial score (nSPS) is 18.1. The van der Waals surface area contributed by atoms with E-state index in [4.69, 9.17) is 4.74 Å². The predicted molar refractivity (Wildman–Crippen MR) is 100.0 cm³/mol. The maximum Gasteiger partial charge on any atom is 0.260 e. The van der Waals surface area contributed by atoms with E-state index < -0.39 is 0 Å². The minimum atomic E-state index is -0.0842. The number of benzene rings is 2. The van der Waals surface area contributed by atoms with E-state index in [0.29, 0.717) is 17.9 Å². The average Bonchev–Trinajstić information content (AvgIpc) is 3.13. The number of nitrogens with zero attached hydrogens (tertiary/aromatic N) is 1. The van der Waals surface area contributed by atoms with Gasteiger partial charge in [-0.3, -0.25) is 4.79 Å². The standard InChI is InChI=1S/C21H22N2O2/c1-23(2)11-5-6-14-9-10-16-15(12-14)13-25-20(16)19-17-7-3-4-8-18(17)22-21(19)24/h3-4,7-10,12H,5-6,11,13H2,1-2H3,(H,22,24). The highest BCUT2D eigenvalue weighted by molar-refractivity contribution is 6.36. The number of para-hydroxylation sites is 1. The summed E-state index contributed by atoms with van der Waals surface area (Å²) in [4.78, 5) is 14.7. The lowest BCUT2D eigenvalue weighted by Gasteiger charge is -2.09. The Morgan fingerprint density at radius 1 is 1.12 bits per heavy atom. The molecule has 1 amide bonds. The molecule has 128 valence electrons. The van der Waals surface area contributed by atoms with Crippen molar-refractivity contribution in [2.75, 3.05) is 26.0 Å². The number of anilines is 1. The first-order valence-corrected chi connectivity index (χ1v) is 8.68. The number of hydrogen-bond acceptors (Lipinski definition) is 3. The molecule has 0 aliphatic carbocycles. The molecule has 2 aliphatic heterocycles. The van der Waals surface area contributed by atoms with Crippen LogP contribution < -0.4 is 5.32 Å². The molecule has 2 aliphatic rings. The van der Waals surface area contributed by atoms with Crippen LogP contribution in [-0.4, -0.2) is 31.4 Å². The summed E-state index contributed by atoms with van der Waals surface area (Å²) >= 11 is 0. The molecular formula is C21H22N2O2. The highest BCUT2D eigenvalue weighted by atomic mass is 16.5.